The van der Waals surface area contributed by atoms with Gasteiger partial charge in [-0.25, -0.2) is 0 Å². The van der Waals surface area contributed by atoms with Gasteiger partial charge in [0.1, 0.15) is 0 Å². The summed E-state index contributed by atoms with van der Waals surface area (Å²) in [6, 6.07) is 0. The summed E-state index contributed by atoms with van der Waals surface area (Å²) in [5.74, 6) is 0.750. The first kappa shape index (κ1) is 4.89. The van der Waals surface area contributed by atoms with Gasteiger partial charge in [0, 0.05) is 0 Å². The van der Waals surface area contributed by atoms with Crippen molar-refractivity contribution in [2.75, 3.05) is 0 Å². The molecule has 0 atom stereocenters. The van der Waals surface area contributed by atoms with Crippen LogP contribution in [0.25, 0.3) is 0 Å². The minimum atomic E-state index is 0.750. The lowest BCUT2D eigenvalue weighted by Crippen LogP contribution is -1.82. The summed E-state index contributed by atoms with van der Waals surface area (Å²) in [6.07, 6.45) is 7.27. The Balaban J connectivity index is 2.26. The average molecular weight is 95.2 g/mol. The van der Waals surface area contributed by atoms with Crippen LogP contribution in [0.4, 0.5) is 0 Å². The molecule has 1 saturated carbocycles. The van der Waals surface area contributed by atoms with E-state index in [2.05, 4.69) is 0 Å². The van der Waals surface area contributed by atoms with Crippen molar-refractivity contribution in [3.63, 3.8) is 0 Å². The molecule has 1 radical (unpaired) electrons. The third-order valence-electron chi connectivity index (χ3n) is 1.67. The molecule has 1 aliphatic rings. The topological polar surface area (TPSA) is 0 Å². The Morgan fingerprint density at radius 1 is 1.29 bits per heavy atom. The highest BCUT2D eigenvalue weighted by atomic mass is 14.1. The maximum Gasteiger partial charge on any atom is -0.0230 e. The first-order chi connectivity index (χ1) is 3.43. The molecule has 1 fully saturated rings. The summed E-state index contributed by atoms with van der Waals surface area (Å²) in [7, 11) is 0. The molecular weight excluding hydrogens is 84.1 g/mol. The van der Waals surface area contributed by atoms with Gasteiger partial charge in [0.2, 0.25) is 0 Å². The molecule has 0 aromatic heterocycles. The zero-order valence-corrected chi connectivity index (χ0v) is 4.56. The molecule has 0 saturated heterocycles. The molecule has 1 aliphatic carbocycles. The van der Waals surface area contributed by atoms with Crippen LogP contribution in [-0.2, 0) is 0 Å². The van der Waals surface area contributed by atoms with E-state index in [9.17, 15) is 0 Å². The summed E-state index contributed by atoms with van der Waals surface area (Å²) < 4.78 is 0. The highest BCUT2D eigenvalue weighted by molar-refractivity contribution is 4.80. The molecule has 0 nitrogen and oxygen atoms in total. The van der Waals surface area contributed by atoms with Gasteiger partial charge in [-0.3, -0.25) is 0 Å². The number of hydrogen-bond acceptors (Lipinski definition) is 0. The highest BCUT2D eigenvalue weighted by Crippen LogP contribution is 2.24. The Bertz CT molecular complexity index is 58.4. The van der Waals surface area contributed by atoms with E-state index >= 15 is 0 Å². The zero-order chi connectivity index (χ0) is 5.11. The van der Waals surface area contributed by atoms with E-state index in [4.69, 9.17) is 6.58 Å². The predicted molar refractivity (Wildman–Crippen MR) is 30.8 cm³/mol. The normalized spacial score (nSPS) is 22.9. The van der Waals surface area contributed by atoms with E-state index in [0.717, 1.165) is 5.92 Å². The van der Waals surface area contributed by atoms with Gasteiger partial charge >= 0.3 is 0 Å². The van der Waals surface area contributed by atoms with Gasteiger partial charge in [-0.15, -0.1) is 0 Å². The lowest BCUT2D eigenvalue weighted by molar-refractivity contribution is 0.686. The Kier molecular flexibility index (Phi) is 1.50. The highest BCUT2D eigenvalue weighted by Gasteiger charge is 2.09. The van der Waals surface area contributed by atoms with Crippen LogP contribution >= 0.6 is 0 Å². The van der Waals surface area contributed by atoms with Crippen molar-refractivity contribution in [1.29, 1.82) is 0 Å². The van der Waals surface area contributed by atoms with E-state index in [1.54, 1.807) is 0 Å². The van der Waals surface area contributed by atoms with Crippen molar-refractivity contribution in [3.8, 4) is 0 Å². The van der Waals surface area contributed by atoms with Gasteiger partial charge in [-0.05, 0) is 18.8 Å². The van der Waals surface area contributed by atoms with Gasteiger partial charge in [-0.2, -0.15) is 0 Å². The summed E-state index contributed by atoms with van der Waals surface area (Å²) >= 11 is 0. The predicted octanol–water partition coefficient (Wildman–Crippen LogP) is 2.17. The number of hydrogen-bond donors (Lipinski definition) is 0. The first-order valence-corrected chi connectivity index (χ1v) is 2.98. The quantitative estimate of drug-likeness (QED) is 0.468. The van der Waals surface area contributed by atoms with Crippen LogP contribution in [-0.4, -0.2) is 0 Å². The monoisotopic (exact) mass is 95.1 g/mol. The van der Waals surface area contributed by atoms with Crippen LogP contribution in [0.5, 0.6) is 0 Å². The molecule has 39 valence electrons. The second-order valence-corrected chi connectivity index (χ2v) is 2.24. The smallest absolute Gasteiger partial charge is 0.0230 e. The maximum atomic E-state index is 5.31. The molecule has 0 heteroatoms. The van der Waals surface area contributed by atoms with Crippen LogP contribution < -0.4 is 0 Å². The Hall–Kier alpha value is -0.260. The largest absolute Gasteiger partial charge is 0.0814 e. The van der Waals surface area contributed by atoms with E-state index in [1.807, 2.05) is 6.08 Å². The van der Waals surface area contributed by atoms with E-state index in [-0.39, 0.29) is 0 Å². The second-order valence-electron chi connectivity index (χ2n) is 2.24. The molecule has 7 heavy (non-hydrogen) atoms. The molecule has 0 aromatic rings. The SMILES string of the molecule is [CH]=CC1CCCC1. The van der Waals surface area contributed by atoms with Crippen molar-refractivity contribution >= 4 is 0 Å². The molecule has 0 heterocycles. The minimum absolute atomic E-state index is 0.750. The van der Waals surface area contributed by atoms with Crippen molar-refractivity contribution in [1.82, 2.24) is 0 Å². The van der Waals surface area contributed by atoms with Crippen LogP contribution in [0, 0.1) is 12.5 Å². The van der Waals surface area contributed by atoms with Crippen LogP contribution in [0.15, 0.2) is 6.08 Å². The zero-order valence-electron chi connectivity index (χ0n) is 4.56. The molecule has 0 N–H and O–H groups in total. The Morgan fingerprint density at radius 2 is 1.86 bits per heavy atom. The van der Waals surface area contributed by atoms with Gasteiger partial charge < -0.3 is 0 Å². The average Bonchev–Trinajstić information content (AvgIpc) is 2.14. The summed E-state index contributed by atoms with van der Waals surface area (Å²) in [5, 5.41) is 0. The molecule has 1 rings (SSSR count). The lowest BCUT2D eigenvalue weighted by Gasteiger charge is -1.94. The molecule has 0 unspecified atom stereocenters. The van der Waals surface area contributed by atoms with Crippen LogP contribution in [0.1, 0.15) is 25.7 Å². The molecular formula is C7H11. The summed E-state index contributed by atoms with van der Waals surface area (Å²) in [5.41, 5.74) is 0. The van der Waals surface area contributed by atoms with Gasteiger partial charge in [-0.1, -0.05) is 25.5 Å². The molecule has 0 spiro atoms. The number of allylic oxidation sites excluding steroid dienone is 1. The molecule has 0 bridgehead atoms. The Labute approximate surface area is 45.2 Å². The Morgan fingerprint density at radius 3 is 2.14 bits per heavy atom. The van der Waals surface area contributed by atoms with Crippen LogP contribution in [0.3, 0.4) is 0 Å². The minimum Gasteiger partial charge on any atom is -0.0814 e. The van der Waals surface area contributed by atoms with E-state index in [1.165, 1.54) is 25.7 Å². The summed E-state index contributed by atoms with van der Waals surface area (Å²) in [6.45, 7) is 5.31. The lowest BCUT2D eigenvalue weighted by atomic mass is 10.1. The van der Waals surface area contributed by atoms with E-state index in [0.29, 0.717) is 0 Å². The standard InChI is InChI=1S/C7H11/c1-2-7-5-3-4-6-7/h1-2,7H,3-6H2. The maximum absolute atomic E-state index is 5.31. The van der Waals surface area contributed by atoms with Crippen molar-refractivity contribution in [2.45, 2.75) is 25.7 Å². The van der Waals surface area contributed by atoms with Crippen LogP contribution in [0.2, 0.25) is 0 Å². The first-order valence-electron chi connectivity index (χ1n) is 2.98. The molecule has 0 aliphatic heterocycles. The summed E-state index contributed by atoms with van der Waals surface area (Å²) in [4.78, 5) is 0. The van der Waals surface area contributed by atoms with Crippen molar-refractivity contribution in [3.05, 3.63) is 12.7 Å². The van der Waals surface area contributed by atoms with Gasteiger partial charge in [0.15, 0.2) is 0 Å². The van der Waals surface area contributed by atoms with Gasteiger partial charge in [0.25, 0.3) is 0 Å². The van der Waals surface area contributed by atoms with Crippen molar-refractivity contribution < 1.29 is 0 Å². The third-order valence-corrected chi connectivity index (χ3v) is 1.67. The number of rotatable bonds is 1. The molecule has 0 aromatic carbocycles. The van der Waals surface area contributed by atoms with Crippen molar-refractivity contribution in [2.24, 2.45) is 5.92 Å². The molecule has 0 amide bonds. The second kappa shape index (κ2) is 2.15. The third kappa shape index (κ3) is 1.05. The fraction of sp³-hybridized carbons (Fsp3) is 0.714. The van der Waals surface area contributed by atoms with Gasteiger partial charge in [0.05, 0.1) is 0 Å². The fourth-order valence-corrected chi connectivity index (χ4v) is 1.15. The fourth-order valence-electron chi connectivity index (χ4n) is 1.15. The van der Waals surface area contributed by atoms with E-state index < -0.39 is 0 Å².